The van der Waals surface area contributed by atoms with Gasteiger partial charge in [0.05, 0.1) is 39.7 Å². The van der Waals surface area contributed by atoms with Crippen LogP contribution in [0.15, 0.2) is 77.4 Å². The fraction of sp³-hybridized carbons (Fsp3) is 0.290. The van der Waals surface area contributed by atoms with E-state index in [0.717, 1.165) is 12.0 Å². The van der Waals surface area contributed by atoms with Crippen molar-refractivity contribution in [3.8, 4) is 0 Å². The number of allylic oxidation sites excluding steroid dienone is 1. The summed E-state index contributed by atoms with van der Waals surface area (Å²) in [6, 6.07) is 15.9. The zero-order valence-corrected chi connectivity index (χ0v) is 24.0. The van der Waals surface area contributed by atoms with Gasteiger partial charge in [-0.3, -0.25) is 35.1 Å². The second-order valence-corrected chi connectivity index (χ2v) is 11.0. The Balaban J connectivity index is 1.43. The number of rotatable bonds is 7. The van der Waals surface area contributed by atoms with Crippen LogP contribution in [0.2, 0.25) is 0 Å². The van der Waals surface area contributed by atoms with Crippen molar-refractivity contribution in [3.63, 3.8) is 0 Å². The summed E-state index contributed by atoms with van der Waals surface area (Å²) in [5.74, 6) is -0.906. The number of nitro groups is 3. The van der Waals surface area contributed by atoms with Crippen LogP contribution in [0.3, 0.4) is 0 Å². The van der Waals surface area contributed by atoms with Gasteiger partial charge in [-0.15, -0.1) is 0 Å². The number of morpholine rings is 1. The van der Waals surface area contributed by atoms with Gasteiger partial charge in [0.15, 0.2) is 0 Å². The molecule has 14 nitrogen and oxygen atoms in total. The van der Waals surface area contributed by atoms with Gasteiger partial charge in [-0.05, 0) is 54.2 Å². The maximum absolute atomic E-state index is 14.2. The third-order valence-corrected chi connectivity index (χ3v) is 8.32. The van der Waals surface area contributed by atoms with Crippen molar-refractivity contribution in [2.24, 2.45) is 11.0 Å². The Bertz CT molecular complexity index is 1770. The highest BCUT2D eigenvalue weighted by Crippen LogP contribution is 2.46. The summed E-state index contributed by atoms with van der Waals surface area (Å²) in [7, 11) is 0. The number of nitro benzene ring substituents is 3. The number of hydrogen-bond donors (Lipinski definition) is 0. The first-order valence-electron chi connectivity index (χ1n) is 14.4. The van der Waals surface area contributed by atoms with Crippen LogP contribution in [0, 0.1) is 36.3 Å². The molecule has 14 heteroatoms. The molecule has 3 aromatic carbocycles. The van der Waals surface area contributed by atoms with Gasteiger partial charge >= 0.3 is 0 Å². The summed E-state index contributed by atoms with van der Waals surface area (Å²) in [5, 5.41) is 41.2. The van der Waals surface area contributed by atoms with E-state index in [4.69, 9.17) is 9.84 Å². The summed E-state index contributed by atoms with van der Waals surface area (Å²) < 4.78 is 5.37. The van der Waals surface area contributed by atoms with E-state index in [-0.39, 0.29) is 28.5 Å². The van der Waals surface area contributed by atoms with Crippen LogP contribution in [0.25, 0.3) is 6.08 Å². The molecule has 1 saturated carbocycles. The summed E-state index contributed by atoms with van der Waals surface area (Å²) in [4.78, 5) is 49.6. The van der Waals surface area contributed by atoms with Crippen molar-refractivity contribution in [2.45, 2.75) is 25.3 Å². The Morgan fingerprint density at radius 1 is 0.889 bits per heavy atom. The standard InChI is InChI=1S/C31H28N6O8/c38-31(23-10-11-27(28(19-23)37(43)44)33-12-14-45-15-13-33)34-30(22-6-2-8-25(18-22)36(41)42)26-9-3-5-21(29(26)32-34)16-20-4-1-7-24(17-20)35(39)40/h1-2,4,6-8,10-11,16-19,26,30H,3,5,9,12-15H2/b21-16+/t26-,30-/m1/s1. The molecule has 1 amide bonds. The zero-order chi connectivity index (χ0) is 31.7. The lowest BCUT2D eigenvalue weighted by Crippen LogP contribution is -2.36. The average molecular weight is 613 g/mol. The normalized spacial score (nSPS) is 20.4. The van der Waals surface area contributed by atoms with Crippen molar-refractivity contribution in [1.82, 2.24) is 5.01 Å². The second kappa shape index (κ2) is 12.2. The van der Waals surface area contributed by atoms with E-state index >= 15 is 0 Å². The summed E-state index contributed by atoms with van der Waals surface area (Å²) in [5.41, 5.74) is 2.56. The number of benzene rings is 3. The molecule has 230 valence electrons. The van der Waals surface area contributed by atoms with E-state index in [2.05, 4.69) is 0 Å². The van der Waals surface area contributed by atoms with Gasteiger partial charge in [0.2, 0.25) is 0 Å². The minimum atomic E-state index is -0.709. The maximum atomic E-state index is 14.2. The molecule has 0 spiro atoms. The van der Waals surface area contributed by atoms with Crippen LogP contribution in [0.5, 0.6) is 0 Å². The Morgan fingerprint density at radius 3 is 2.31 bits per heavy atom. The first-order valence-corrected chi connectivity index (χ1v) is 14.4. The van der Waals surface area contributed by atoms with Crippen molar-refractivity contribution < 1.29 is 24.3 Å². The fourth-order valence-corrected chi connectivity index (χ4v) is 6.26. The SMILES string of the molecule is O=C(c1ccc(N2CCOCC2)c([N+](=O)[O-])c1)N1N=C2/C(=C/c3cccc([N+](=O)[O-])c3)CCC[C@H]2[C@H]1c1cccc([N+](=O)[O-])c1. The minimum absolute atomic E-state index is 0.0568. The van der Waals surface area contributed by atoms with E-state index in [1.165, 1.54) is 41.4 Å². The van der Waals surface area contributed by atoms with Gasteiger partial charge < -0.3 is 9.64 Å². The number of anilines is 1. The van der Waals surface area contributed by atoms with Gasteiger partial charge in [-0.25, -0.2) is 5.01 Å². The molecule has 2 fully saturated rings. The third-order valence-electron chi connectivity index (χ3n) is 8.32. The van der Waals surface area contributed by atoms with Crippen molar-refractivity contribution >= 4 is 40.4 Å². The Morgan fingerprint density at radius 2 is 1.60 bits per heavy atom. The number of hydrazone groups is 1. The molecular weight excluding hydrogens is 584 g/mol. The summed E-state index contributed by atoms with van der Waals surface area (Å²) in [6.45, 7) is 1.82. The van der Waals surface area contributed by atoms with E-state index in [0.29, 0.717) is 61.7 Å². The van der Waals surface area contributed by atoms with Gasteiger partial charge in [0, 0.05) is 54.9 Å². The largest absolute Gasteiger partial charge is 0.378 e. The molecule has 2 atom stereocenters. The highest BCUT2D eigenvalue weighted by atomic mass is 16.6. The lowest BCUT2D eigenvalue weighted by Gasteiger charge is -2.30. The molecule has 3 aliphatic rings. The van der Waals surface area contributed by atoms with Crippen LogP contribution < -0.4 is 4.90 Å². The van der Waals surface area contributed by atoms with E-state index in [9.17, 15) is 35.1 Å². The third kappa shape index (κ3) is 5.87. The number of fused-ring (bicyclic) bond motifs is 1. The molecule has 45 heavy (non-hydrogen) atoms. The molecule has 0 radical (unpaired) electrons. The predicted octanol–water partition coefficient (Wildman–Crippen LogP) is 5.68. The first-order chi connectivity index (χ1) is 21.7. The fourth-order valence-electron chi connectivity index (χ4n) is 6.26. The summed E-state index contributed by atoms with van der Waals surface area (Å²) in [6.07, 6.45) is 3.80. The Kier molecular flexibility index (Phi) is 8.04. The number of non-ortho nitro benzene ring substituents is 2. The number of carbonyl (C=O) groups is 1. The highest BCUT2D eigenvalue weighted by molar-refractivity contribution is 6.09. The monoisotopic (exact) mass is 612 g/mol. The molecule has 3 aromatic rings. The molecule has 0 aromatic heterocycles. The lowest BCUT2D eigenvalue weighted by molar-refractivity contribution is -0.385. The smallest absolute Gasteiger partial charge is 0.293 e. The van der Waals surface area contributed by atoms with Gasteiger partial charge in [-0.1, -0.05) is 24.3 Å². The number of hydrogen-bond acceptors (Lipinski definition) is 10. The van der Waals surface area contributed by atoms with Crippen LogP contribution in [-0.4, -0.2) is 57.7 Å². The van der Waals surface area contributed by atoms with E-state index in [1.54, 1.807) is 30.3 Å². The highest BCUT2D eigenvalue weighted by Gasteiger charge is 2.44. The molecule has 1 saturated heterocycles. The van der Waals surface area contributed by atoms with Crippen molar-refractivity contribution in [3.05, 3.63) is 119 Å². The summed E-state index contributed by atoms with van der Waals surface area (Å²) >= 11 is 0. The van der Waals surface area contributed by atoms with Crippen molar-refractivity contribution in [2.75, 3.05) is 31.2 Å². The van der Waals surface area contributed by atoms with Gasteiger partial charge in [0.25, 0.3) is 23.0 Å². The molecule has 0 N–H and O–H groups in total. The predicted molar refractivity (Wildman–Crippen MR) is 164 cm³/mol. The molecule has 0 bridgehead atoms. The average Bonchev–Trinajstić information content (AvgIpc) is 3.45. The molecular formula is C31H28N6O8. The molecule has 6 rings (SSSR count). The second-order valence-electron chi connectivity index (χ2n) is 11.0. The van der Waals surface area contributed by atoms with E-state index in [1.807, 2.05) is 11.0 Å². The topological polar surface area (TPSA) is 175 Å². The first kappa shape index (κ1) is 29.6. The van der Waals surface area contributed by atoms with Crippen molar-refractivity contribution in [1.29, 1.82) is 0 Å². The van der Waals surface area contributed by atoms with Crippen LogP contribution in [0.1, 0.15) is 46.8 Å². The van der Waals surface area contributed by atoms with Gasteiger partial charge in [-0.2, -0.15) is 5.10 Å². The number of carbonyl (C=O) groups excluding carboxylic acids is 1. The van der Waals surface area contributed by atoms with E-state index < -0.39 is 26.7 Å². The number of ether oxygens (including phenoxy) is 1. The quantitative estimate of drug-likeness (QED) is 0.240. The minimum Gasteiger partial charge on any atom is -0.378 e. The van der Waals surface area contributed by atoms with Crippen LogP contribution in [0.4, 0.5) is 22.7 Å². The Labute approximate surface area is 256 Å². The molecule has 2 heterocycles. The number of amides is 1. The molecule has 0 unspecified atom stereocenters. The van der Waals surface area contributed by atoms with Gasteiger partial charge in [0.1, 0.15) is 5.69 Å². The Hall–Kier alpha value is -5.50. The lowest BCUT2D eigenvalue weighted by atomic mass is 9.77. The maximum Gasteiger partial charge on any atom is 0.293 e. The van der Waals surface area contributed by atoms with Crippen LogP contribution in [-0.2, 0) is 4.74 Å². The molecule has 1 aliphatic carbocycles. The molecule has 2 aliphatic heterocycles. The van der Waals surface area contributed by atoms with Crippen LogP contribution >= 0.6 is 0 Å². The zero-order valence-electron chi connectivity index (χ0n) is 24.0. The number of nitrogens with zero attached hydrogens (tertiary/aromatic N) is 6.